The highest BCUT2D eigenvalue weighted by molar-refractivity contribution is 6.62. The summed E-state index contributed by atoms with van der Waals surface area (Å²) < 4.78 is 0. The molecule has 0 amide bonds. The zero-order chi connectivity index (χ0) is 9.14. The van der Waals surface area contributed by atoms with Crippen molar-refractivity contribution in [2.75, 3.05) is 19.0 Å². The van der Waals surface area contributed by atoms with Gasteiger partial charge in [0, 0.05) is 25.3 Å². The van der Waals surface area contributed by atoms with E-state index in [0.29, 0.717) is 5.56 Å². The number of carbonyl (C=O) groups excluding carboxylic acids is 1. The number of carbonyl (C=O) groups is 1. The summed E-state index contributed by atoms with van der Waals surface area (Å²) in [6, 6.07) is 7.16. The van der Waals surface area contributed by atoms with Crippen molar-refractivity contribution in [2.45, 2.75) is 0 Å². The minimum Gasteiger partial charge on any atom is -0.378 e. The van der Waals surface area contributed by atoms with E-state index >= 15 is 0 Å². The standard InChI is InChI=1S/C9H10BNO/c1-11(2)8-5-3-7(4-6-8)9(10)12/h3-6H,1-2H3. The lowest BCUT2D eigenvalue weighted by atomic mass is 9.95. The maximum atomic E-state index is 10.7. The van der Waals surface area contributed by atoms with Crippen LogP contribution < -0.4 is 4.90 Å². The van der Waals surface area contributed by atoms with Gasteiger partial charge < -0.3 is 9.69 Å². The molecule has 1 aromatic rings. The predicted molar refractivity (Wildman–Crippen MR) is 50.9 cm³/mol. The van der Waals surface area contributed by atoms with Crippen molar-refractivity contribution in [1.29, 1.82) is 0 Å². The predicted octanol–water partition coefficient (Wildman–Crippen LogP) is 1.06. The molecule has 0 aliphatic carbocycles. The molecule has 0 fully saturated rings. The molecule has 0 saturated carbocycles. The maximum Gasteiger partial charge on any atom is 0.175 e. The van der Waals surface area contributed by atoms with Gasteiger partial charge in [-0.1, -0.05) is 12.1 Å². The summed E-state index contributed by atoms with van der Waals surface area (Å²) in [7, 11) is 8.97. The first-order valence-electron chi connectivity index (χ1n) is 3.68. The third-order valence-electron chi connectivity index (χ3n) is 1.67. The topological polar surface area (TPSA) is 20.3 Å². The van der Waals surface area contributed by atoms with E-state index in [1.165, 1.54) is 0 Å². The normalized spacial score (nSPS) is 9.50. The fraction of sp³-hybridized carbons (Fsp3) is 0.222. The van der Waals surface area contributed by atoms with Crippen molar-refractivity contribution in [3.63, 3.8) is 0 Å². The Labute approximate surface area is 73.6 Å². The molecule has 0 N–H and O–H groups in total. The van der Waals surface area contributed by atoms with Crippen LogP contribution in [-0.4, -0.2) is 27.6 Å². The van der Waals surface area contributed by atoms with Gasteiger partial charge in [0.05, 0.1) is 0 Å². The molecule has 0 aromatic heterocycles. The van der Waals surface area contributed by atoms with Gasteiger partial charge in [0.15, 0.2) is 7.85 Å². The molecule has 2 radical (unpaired) electrons. The molecular formula is C9H10BNO. The quantitative estimate of drug-likeness (QED) is 0.601. The molecule has 0 unspecified atom stereocenters. The van der Waals surface area contributed by atoms with Crippen molar-refractivity contribution >= 4 is 19.2 Å². The molecule has 60 valence electrons. The van der Waals surface area contributed by atoms with E-state index in [1.54, 1.807) is 12.1 Å². The minimum absolute atomic E-state index is 0.389. The van der Waals surface area contributed by atoms with Gasteiger partial charge >= 0.3 is 0 Å². The minimum atomic E-state index is -0.389. The molecule has 0 heterocycles. The van der Waals surface area contributed by atoms with Gasteiger partial charge in [-0.2, -0.15) is 0 Å². The SMILES string of the molecule is [B]C(=O)c1ccc(N(C)C)cc1. The Morgan fingerprint density at radius 3 is 2.08 bits per heavy atom. The van der Waals surface area contributed by atoms with Crippen molar-refractivity contribution in [2.24, 2.45) is 0 Å². The van der Waals surface area contributed by atoms with E-state index in [9.17, 15) is 4.79 Å². The summed E-state index contributed by atoms with van der Waals surface area (Å²) in [5, 5.41) is 0. The zero-order valence-corrected chi connectivity index (χ0v) is 7.24. The fourth-order valence-electron chi connectivity index (χ4n) is 0.924. The lowest BCUT2D eigenvalue weighted by Crippen LogP contribution is -2.08. The highest BCUT2D eigenvalue weighted by Crippen LogP contribution is 2.11. The second-order valence-electron chi connectivity index (χ2n) is 2.81. The van der Waals surface area contributed by atoms with Crippen molar-refractivity contribution < 1.29 is 4.79 Å². The van der Waals surface area contributed by atoms with Crippen LogP contribution in [0.5, 0.6) is 0 Å². The molecular weight excluding hydrogens is 149 g/mol. The monoisotopic (exact) mass is 159 g/mol. The molecule has 3 heteroatoms. The molecule has 1 rings (SSSR count). The van der Waals surface area contributed by atoms with Gasteiger partial charge in [-0.15, -0.1) is 0 Å². The van der Waals surface area contributed by atoms with Crippen LogP contribution in [0.4, 0.5) is 5.69 Å². The van der Waals surface area contributed by atoms with Gasteiger partial charge in [-0.05, 0) is 12.1 Å². The van der Waals surface area contributed by atoms with Gasteiger partial charge in [-0.25, -0.2) is 0 Å². The summed E-state index contributed by atoms with van der Waals surface area (Å²) >= 11 is 0. The highest BCUT2D eigenvalue weighted by atomic mass is 16.1. The largest absolute Gasteiger partial charge is 0.378 e. The fourth-order valence-corrected chi connectivity index (χ4v) is 0.924. The van der Waals surface area contributed by atoms with Crippen LogP contribution in [0.3, 0.4) is 0 Å². The van der Waals surface area contributed by atoms with Crippen LogP contribution in [0, 0.1) is 0 Å². The molecule has 0 aliphatic heterocycles. The molecule has 0 aliphatic rings. The Morgan fingerprint density at radius 1 is 1.25 bits per heavy atom. The third kappa shape index (κ3) is 1.88. The highest BCUT2D eigenvalue weighted by Gasteiger charge is 1.98. The lowest BCUT2D eigenvalue weighted by Gasteiger charge is -2.11. The summed E-state index contributed by atoms with van der Waals surface area (Å²) in [5.41, 5.74) is 1.21. The first-order chi connectivity index (χ1) is 5.61. The summed E-state index contributed by atoms with van der Waals surface area (Å²) in [6.07, 6.45) is 0. The average Bonchev–Trinajstić information content (AvgIpc) is 2.04. The molecule has 0 spiro atoms. The average molecular weight is 159 g/mol. The number of hydrogen-bond acceptors (Lipinski definition) is 2. The van der Waals surface area contributed by atoms with Crippen molar-refractivity contribution in [3.05, 3.63) is 29.8 Å². The molecule has 0 saturated heterocycles. The second kappa shape index (κ2) is 3.43. The smallest absolute Gasteiger partial charge is 0.175 e. The van der Waals surface area contributed by atoms with Crippen molar-refractivity contribution in [1.82, 2.24) is 0 Å². The molecule has 2 nitrogen and oxygen atoms in total. The van der Waals surface area contributed by atoms with Gasteiger partial charge in [0.2, 0.25) is 0 Å². The first kappa shape index (κ1) is 8.85. The molecule has 12 heavy (non-hydrogen) atoms. The van der Waals surface area contributed by atoms with E-state index in [0.717, 1.165) is 5.69 Å². The Hall–Kier alpha value is -1.25. The molecule has 1 aromatic carbocycles. The van der Waals surface area contributed by atoms with Crippen molar-refractivity contribution in [3.8, 4) is 0 Å². The first-order valence-corrected chi connectivity index (χ1v) is 3.68. The van der Waals surface area contributed by atoms with Gasteiger partial charge in [-0.3, -0.25) is 0 Å². The van der Waals surface area contributed by atoms with E-state index in [4.69, 9.17) is 7.85 Å². The lowest BCUT2D eigenvalue weighted by molar-refractivity contribution is 0.108. The number of nitrogens with zero attached hydrogens (tertiary/aromatic N) is 1. The Morgan fingerprint density at radius 2 is 1.75 bits per heavy atom. The third-order valence-corrected chi connectivity index (χ3v) is 1.67. The Bertz CT molecular complexity index is 279. The van der Waals surface area contributed by atoms with Gasteiger partial charge in [0.25, 0.3) is 0 Å². The van der Waals surface area contributed by atoms with Crippen LogP contribution in [0.25, 0.3) is 0 Å². The van der Waals surface area contributed by atoms with E-state index in [2.05, 4.69) is 0 Å². The Balaban J connectivity index is 2.93. The number of anilines is 1. The van der Waals surface area contributed by atoms with Gasteiger partial charge in [0.1, 0.15) is 5.68 Å². The maximum absolute atomic E-state index is 10.7. The van der Waals surface area contributed by atoms with Crippen LogP contribution in [0.2, 0.25) is 0 Å². The van der Waals surface area contributed by atoms with E-state index < -0.39 is 0 Å². The zero-order valence-electron chi connectivity index (χ0n) is 7.24. The summed E-state index contributed by atoms with van der Waals surface area (Å²) in [4.78, 5) is 12.7. The Kier molecular flexibility index (Phi) is 2.53. The summed E-state index contributed by atoms with van der Waals surface area (Å²) in [5.74, 6) is 0. The van der Waals surface area contributed by atoms with Crippen LogP contribution >= 0.6 is 0 Å². The van der Waals surface area contributed by atoms with E-state index in [-0.39, 0.29) is 5.68 Å². The van der Waals surface area contributed by atoms with Crippen LogP contribution in [-0.2, 0) is 0 Å². The summed E-state index contributed by atoms with van der Waals surface area (Å²) in [6.45, 7) is 0. The number of rotatable bonds is 2. The number of benzene rings is 1. The van der Waals surface area contributed by atoms with Crippen LogP contribution in [0.1, 0.15) is 10.4 Å². The second-order valence-corrected chi connectivity index (χ2v) is 2.81. The number of hydrogen-bond donors (Lipinski definition) is 0. The van der Waals surface area contributed by atoms with E-state index in [1.807, 2.05) is 31.1 Å². The van der Waals surface area contributed by atoms with Crippen LogP contribution in [0.15, 0.2) is 24.3 Å². The molecule has 0 atom stereocenters. The molecule has 0 bridgehead atoms.